The molecule has 2 heteroatoms. The number of phenolic OH excluding ortho intramolecular Hbond substituents is 1. The van der Waals surface area contributed by atoms with Gasteiger partial charge in [0.2, 0.25) is 0 Å². The second-order valence-electron chi connectivity index (χ2n) is 7.73. The van der Waals surface area contributed by atoms with Crippen molar-refractivity contribution >= 4 is 13.3 Å². The van der Waals surface area contributed by atoms with Crippen molar-refractivity contribution in [3.63, 3.8) is 0 Å². The van der Waals surface area contributed by atoms with Gasteiger partial charge < -0.3 is 5.11 Å². The maximum atomic E-state index is 9.66. The van der Waals surface area contributed by atoms with E-state index in [9.17, 15) is 5.11 Å². The van der Waals surface area contributed by atoms with Crippen molar-refractivity contribution in [2.75, 3.05) is 0 Å². The van der Waals surface area contributed by atoms with E-state index in [1.54, 1.807) is 0 Å². The van der Waals surface area contributed by atoms with Gasteiger partial charge in [-0.1, -0.05) is 53.7 Å². The minimum absolute atomic E-state index is 0.233. The highest BCUT2D eigenvalue weighted by Crippen LogP contribution is 2.42. The molecule has 0 fully saturated rings. The first-order chi connectivity index (χ1) is 8.00. The maximum absolute atomic E-state index is 9.66. The summed E-state index contributed by atoms with van der Waals surface area (Å²) in [5.74, 6) is 0.902. The van der Waals surface area contributed by atoms with Crippen molar-refractivity contribution in [3.8, 4) is 5.75 Å². The second kappa shape index (κ2) is 4.99. The van der Waals surface area contributed by atoms with Crippen LogP contribution in [0.1, 0.15) is 59.4 Å². The SMILES string of the molecule is Bc1cc(C(CC(C)(C)C)C(C)(C)C)ccc1O. The highest BCUT2D eigenvalue weighted by atomic mass is 16.3. The molecule has 1 nitrogen and oxygen atoms in total. The molecule has 0 aliphatic rings. The highest BCUT2D eigenvalue weighted by molar-refractivity contribution is 6.34. The fourth-order valence-corrected chi connectivity index (χ4v) is 2.43. The third kappa shape index (κ3) is 4.08. The quantitative estimate of drug-likeness (QED) is 0.794. The zero-order valence-electron chi connectivity index (χ0n) is 13.0. The van der Waals surface area contributed by atoms with Gasteiger partial charge in [0.1, 0.15) is 13.6 Å². The lowest BCUT2D eigenvalue weighted by atomic mass is 9.68. The summed E-state index contributed by atoms with van der Waals surface area (Å²) in [6, 6.07) is 6.03. The largest absolute Gasteiger partial charge is 0.509 e. The zero-order valence-corrected chi connectivity index (χ0v) is 13.0. The molecule has 0 amide bonds. The minimum atomic E-state index is 0.233. The summed E-state index contributed by atoms with van der Waals surface area (Å²) in [5, 5.41) is 9.66. The van der Waals surface area contributed by atoms with Crippen LogP contribution in [0.5, 0.6) is 5.75 Å². The Bertz CT molecular complexity index is 410. The van der Waals surface area contributed by atoms with E-state index >= 15 is 0 Å². The number of benzene rings is 1. The molecule has 100 valence electrons. The lowest BCUT2D eigenvalue weighted by Crippen LogP contribution is -2.24. The van der Waals surface area contributed by atoms with Crippen molar-refractivity contribution in [1.29, 1.82) is 0 Å². The molecule has 0 aliphatic heterocycles. The van der Waals surface area contributed by atoms with Crippen molar-refractivity contribution < 1.29 is 5.11 Å². The molecule has 0 heterocycles. The first-order valence-corrected chi connectivity index (χ1v) is 6.80. The molecule has 1 N–H and O–H groups in total. The average Bonchev–Trinajstić information content (AvgIpc) is 2.16. The van der Waals surface area contributed by atoms with E-state index in [0.29, 0.717) is 17.1 Å². The molecule has 1 aromatic carbocycles. The molecule has 0 saturated carbocycles. The molecule has 0 radical (unpaired) electrons. The zero-order chi connectivity index (χ0) is 14.1. The minimum Gasteiger partial charge on any atom is -0.509 e. The topological polar surface area (TPSA) is 20.2 Å². The number of hydrogen-bond acceptors (Lipinski definition) is 1. The summed E-state index contributed by atoms with van der Waals surface area (Å²) >= 11 is 0. The molecule has 1 rings (SSSR count). The van der Waals surface area contributed by atoms with E-state index < -0.39 is 0 Å². The summed E-state index contributed by atoms with van der Waals surface area (Å²) in [6.45, 7) is 13.8. The van der Waals surface area contributed by atoms with E-state index in [1.165, 1.54) is 5.56 Å². The van der Waals surface area contributed by atoms with Gasteiger partial charge in [0, 0.05) is 0 Å². The van der Waals surface area contributed by atoms with Crippen molar-refractivity contribution in [1.82, 2.24) is 0 Å². The Morgan fingerprint density at radius 1 is 1.11 bits per heavy atom. The van der Waals surface area contributed by atoms with Crippen LogP contribution in [0.4, 0.5) is 0 Å². The van der Waals surface area contributed by atoms with Crippen LogP contribution in [0.15, 0.2) is 18.2 Å². The van der Waals surface area contributed by atoms with Gasteiger partial charge in [0.05, 0.1) is 0 Å². The van der Waals surface area contributed by atoms with Gasteiger partial charge in [-0.25, -0.2) is 0 Å². The normalized spacial score (nSPS) is 14.6. The van der Waals surface area contributed by atoms with Gasteiger partial charge in [-0.2, -0.15) is 0 Å². The number of rotatable bonds is 2. The monoisotopic (exact) mass is 246 g/mol. The first-order valence-electron chi connectivity index (χ1n) is 6.80. The van der Waals surface area contributed by atoms with Crippen LogP contribution in [0, 0.1) is 10.8 Å². The summed E-state index contributed by atoms with van der Waals surface area (Å²) < 4.78 is 0. The standard InChI is InChI=1S/C16H27BO/c1-15(2,3)10-12(16(4,5)6)11-7-8-14(18)13(17)9-11/h7-9,12,18H,10,17H2,1-6H3. The Balaban J connectivity index is 3.14. The van der Waals surface area contributed by atoms with E-state index in [4.69, 9.17) is 0 Å². The van der Waals surface area contributed by atoms with Crippen molar-refractivity contribution in [2.24, 2.45) is 10.8 Å². The fourth-order valence-electron chi connectivity index (χ4n) is 2.43. The van der Waals surface area contributed by atoms with Gasteiger partial charge in [0.15, 0.2) is 0 Å². The lowest BCUT2D eigenvalue weighted by molar-refractivity contribution is 0.229. The van der Waals surface area contributed by atoms with Gasteiger partial charge in [0.25, 0.3) is 0 Å². The van der Waals surface area contributed by atoms with Crippen LogP contribution < -0.4 is 5.46 Å². The van der Waals surface area contributed by atoms with Crippen molar-refractivity contribution in [2.45, 2.75) is 53.9 Å². The van der Waals surface area contributed by atoms with Crippen LogP contribution in [0.3, 0.4) is 0 Å². The van der Waals surface area contributed by atoms with Crippen LogP contribution in [-0.2, 0) is 0 Å². The molecule has 1 atom stereocenters. The van der Waals surface area contributed by atoms with Crippen LogP contribution >= 0.6 is 0 Å². The smallest absolute Gasteiger partial charge is 0.144 e. The molecular weight excluding hydrogens is 219 g/mol. The molecule has 1 unspecified atom stereocenters. The maximum Gasteiger partial charge on any atom is 0.144 e. The van der Waals surface area contributed by atoms with Crippen LogP contribution in [0.25, 0.3) is 0 Å². The third-order valence-corrected chi connectivity index (χ3v) is 3.49. The fraction of sp³-hybridized carbons (Fsp3) is 0.625. The molecule has 0 bridgehead atoms. The Labute approximate surface area is 113 Å². The number of phenols is 1. The summed E-state index contributed by atoms with van der Waals surface area (Å²) in [4.78, 5) is 0. The molecule has 18 heavy (non-hydrogen) atoms. The molecule has 0 spiro atoms. The van der Waals surface area contributed by atoms with Gasteiger partial charge in [-0.05, 0) is 40.3 Å². The highest BCUT2D eigenvalue weighted by Gasteiger charge is 2.30. The Morgan fingerprint density at radius 2 is 1.67 bits per heavy atom. The van der Waals surface area contributed by atoms with E-state index in [2.05, 4.69) is 53.7 Å². The van der Waals surface area contributed by atoms with Gasteiger partial charge >= 0.3 is 0 Å². The van der Waals surface area contributed by atoms with E-state index in [-0.39, 0.29) is 5.41 Å². The number of hydrogen-bond donors (Lipinski definition) is 1. The molecule has 0 saturated heterocycles. The second-order valence-corrected chi connectivity index (χ2v) is 7.73. The number of aromatic hydroxyl groups is 1. The Kier molecular flexibility index (Phi) is 4.20. The van der Waals surface area contributed by atoms with Gasteiger partial charge in [-0.3, -0.25) is 0 Å². The lowest BCUT2D eigenvalue weighted by Gasteiger charge is -2.36. The van der Waals surface area contributed by atoms with Gasteiger partial charge in [-0.15, -0.1) is 0 Å². The van der Waals surface area contributed by atoms with E-state index in [1.807, 2.05) is 13.9 Å². The molecule has 0 aromatic heterocycles. The first kappa shape index (κ1) is 15.1. The summed E-state index contributed by atoms with van der Waals surface area (Å²) in [6.07, 6.45) is 1.15. The van der Waals surface area contributed by atoms with Crippen LogP contribution in [0.2, 0.25) is 0 Å². The molecule has 0 aliphatic carbocycles. The van der Waals surface area contributed by atoms with Crippen molar-refractivity contribution in [3.05, 3.63) is 23.8 Å². The third-order valence-electron chi connectivity index (χ3n) is 3.49. The Hall–Kier alpha value is -0.915. The van der Waals surface area contributed by atoms with E-state index in [0.717, 1.165) is 11.9 Å². The molecule has 1 aromatic rings. The summed E-state index contributed by atoms with van der Waals surface area (Å²) in [5.41, 5.74) is 2.85. The predicted octanol–water partition coefficient (Wildman–Crippen LogP) is 3.22. The summed E-state index contributed by atoms with van der Waals surface area (Å²) in [7, 11) is 1.97. The molecular formula is C16H27BO. The Morgan fingerprint density at radius 3 is 2.06 bits per heavy atom. The average molecular weight is 246 g/mol. The van der Waals surface area contributed by atoms with Crippen LogP contribution in [-0.4, -0.2) is 13.0 Å². The predicted molar refractivity (Wildman–Crippen MR) is 82.6 cm³/mol.